The number of ether oxygens (including phenoxy) is 1. The van der Waals surface area contributed by atoms with Crippen LogP contribution in [0.3, 0.4) is 0 Å². The second kappa shape index (κ2) is 12.0. The minimum absolute atomic E-state index is 0.0152. The van der Waals surface area contributed by atoms with Crippen LogP contribution in [0.15, 0.2) is 76.2 Å². The van der Waals surface area contributed by atoms with Gasteiger partial charge in [0.05, 0.1) is 6.61 Å². The molecular weight excluding hydrogens is 524 g/mol. The van der Waals surface area contributed by atoms with Crippen LogP contribution < -0.4 is 0 Å². The molecule has 0 spiro atoms. The molecule has 0 fully saturated rings. The van der Waals surface area contributed by atoms with Gasteiger partial charge in [0.15, 0.2) is 0 Å². The summed E-state index contributed by atoms with van der Waals surface area (Å²) in [6.07, 6.45) is 2.40. The van der Waals surface area contributed by atoms with Crippen molar-refractivity contribution >= 4 is 17.7 Å². The van der Waals surface area contributed by atoms with Gasteiger partial charge < -0.3 is 25.2 Å². The molecule has 0 unspecified atom stereocenters. The zero-order valence-electron chi connectivity index (χ0n) is 23.5. The number of rotatable bonds is 9. The number of carbonyl (C=O) groups is 1. The van der Waals surface area contributed by atoms with Crippen molar-refractivity contribution in [2.45, 2.75) is 82.3 Å². The summed E-state index contributed by atoms with van der Waals surface area (Å²) >= 11 is 1.22. The number of thioether (sulfide) groups is 1. The highest BCUT2D eigenvalue weighted by molar-refractivity contribution is 8.04. The van der Waals surface area contributed by atoms with E-state index in [2.05, 4.69) is 20.8 Å². The summed E-state index contributed by atoms with van der Waals surface area (Å²) in [5.74, 6) is -0.154. The van der Waals surface area contributed by atoms with Gasteiger partial charge in [0, 0.05) is 11.3 Å². The van der Waals surface area contributed by atoms with Crippen LogP contribution in [-0.2, 0) is 34.4 Å². The molecule has 0 aliphatic carbocycles. The molecule has 3 aromatic carbocycles. The molecule has 0 atom stereocenters. The molecule has 0 bridgehead atoms. The molecule has 0 aromatic heterocycles. The number of benzene rings is 3. The number of cyclic esters (lactones) is 1. The van der Waals surface area contributed by atoms with Crippen LogP contribution in [0.25, 0.3) is 0 Å². The number of hydrogen-bond acceptors (Lipinski definition) is 7. The Balaban J connectivity index is 1.64. The largest absolute Gasteiger partial charge is 0.511 e. The number of esters is 1. The van der Waals surface area contributed by atoms with E-state index < -0.39 is 11.6 Å². The van der Waals surface area contributed by atoms with Crippen LogP contribution in [0.2, 0.25) is 0 Å². The van der Waals surface area contributed by atoms with Crippen LogP contribution in [0, 0.1) is 6.92 Å². The molecule has 0 radical (unpaired) electrons. The number of phenolic OH excluding ortho intramolecular Hbond substituents is 2. The second-order valence-electron chi connectivity index (χ2n) is 11.6. The number of aryl methyl sites for hydroxylation is 3. The lowest BCUT2D eigenvalue weighted by Gasteiger charge is -2.37. The SMILES string of the molecule is Cc1cc(SC2=C(O)CC(CCc3ccc(O)cc3)(CCc3ccc(O)cc3)OC2=O)c(C(C)(C)C)cc1CO. The Morgan fingerprint density at radius 3 is 1.85 bits per heavy atom. The van der Waals surface area contributed by atoms with Crippen molar-refractivity contribution in [3.05, 3.63) is 99.1 Å². The molecule has 4 rings (SSSR count). The highest BCUT2D eigenvalue weighted by Gasteiger charge is 2.42. The fourth-order valence-electron chi connectivity index (χ4n) is 5.03. The van der Waals surface area contributed by atoms with Crippen molar-refractivity contribution in [3.63, 3.8) is 0 Å². The standard InChI is InChI=1S/C33H38O6S/c1-21-17-29(27(32(2,3)4)18-24(21)20-34)40-30-28(37)19-33(39-31(30)38,15-13-22-5-9-25(35)10-6-22)16-14-23-7-11-26(36)12-8-23/h5-12,17-18,34-37H,13-16,19-20H2,1-4H3. The van der Waals surface area contributed by atoms with Crippen molar-refractivity contribution < 1.29 is 30.0 Å². The van der Waals surface area contributed by atoms with Gasteiger partial charge in [-0.15, -0.1) is 0 Å². The van der Waals surface area contributed by atoms with Crippen LogP contribution in [0.1, 0.15) is 67.9 Å². The minimum Gasteiger partial charge on any atom is -0.511 e. The molecular formula is C33H38O6S. The Bertz CT molecular complexity index is 1330. The Hall–Kier alpha value is -3.42. The highest BCUT2D eigenvalue weighted by Crippen LogP contribution is 2.44. The molecule has 1 heterocycles. The van der Waals surface area contributed by atoms with Gasteiger partial charge in [0.2, 0.25) is 0 Å². The van der Waals surface area contributed by atoms with Gasteiger partial charge in [0.25, 0.3) is 0 Å². The minimum atomic E-state index is -0.912. The summed E-state index contributed by atoms with van der Waals surface area (Å²) in [5.41, 5.74) is 3.57. The lowest BCUT2D eigenvalue weighted by molar-refractivity contribution is -0.159. The molecule has 1 aliphatic heterocycles. The highest BCUT2D eigenvalue weighted by atomic mass is 32.2. The number of aliphatic hydroxyl groups is 2. The lowest BCUT2D eigenvalue weighted by atomic mass is 9.84. The first-order chi connectivity index (χ1) is 18.9. The van der Waals surface area contributed by atoms with E-state index in [0.29, 0.717) is 25.7 Å². The van der Waals surface area contributed by atoms with Crippen LogP contribution in [0.5, 0.6) is 11.5 Å². The number of carbonyl (C=O) groups excluding carboxylic acids is 1. The average molecular weight is 563 g/mol. The van der Waals surface area contributed by atoms with Gasteiger partial charge in [-0.25, -0.2) is 4.79 Å². The zero-order chi connectivity index (χ0) is 29.1. The number of aromatic hydroxyl groups is 2. The molecule has 6 nitrogen and oxygen atoms in total. The van der Waals surface area contributed by atoms with E-state index in [0.717, 1.165) is 32.7 Å². The monoisotopic (exact) mass is 562 g/mol. The van der Waals surface area contributed by atoms with Gasteiger partial charge in [-0.1, -0.05) is 62.9 Å². The van der Waals surface area contributed by atoms with Gasteiger partial charge in [-0.3, -0.25) is 0 Å². The molecule has 212 valence electrons. The van der Waals surface area contributed by atoms with E-state index in [4.69, 9.17) is 4.74 Å². The molecule has 7 heteroatoms. The van der Waals surface area contributed by atoms with Gasteiger partial charge in [-0.05, 0) is 96.2 Å². The number of phenols is 2. The second-order valence-corrected chi connectivity index (χ2v) is 12.7. The summed E-state index contributed by atoms with van der Waals surface area (Å²) in [6.45, 7) is 8.09. The summed E-state index contributed by atoms with van der Waals surface area (Å²) in [7, 11) is 0. The van der Waals surface area contributed by atoms with Crippen LogP contribution in [-0.4, -0.2) is 32.0 Å². The quantitative estimate of drug-likeness (QED) is 0.208. The molecule has 1 aliphatic rings. The Morgan fingerprint density at radius 2 is 1.40 bits per heavy atom. The summed E-state index contributed by atoms with van der Waals surface area (Å²) in [4.78, 5) is 14.6. The van der Waals surface area contributed by atoms with Gasteiger partial charge in [0.1, 0.15) is 27.8 Å². The maximum Gasteiger partial charge on any atom is 0.349 e. The fraction of sp³-hybridized carbons (Fsp3) is 0.364. The van der Waals surface area contributed by atoms with Crippen molar-refractivity contribution in [2.24, 2.45) is 0 Å². The smallest absolute Gasteiger partial charge is 0.349 e. The lowest BCUT2D eigenvalue weighted by Crippen LogP contribution is -2.41. The molecule has 0 saturated heterocycles. The van der Waals surface area contributed by atoms with E-state index in [1.54, 1.807) is 24.3 Å². The zero-order valence-corrected chi connectivity index (χ0v) is 24.3. The van der Waals surface area contributed by atoms with E-state index >= 15 is 0 Å². The van der Waals surface area contributed by atoms with Gasteiger partial charge >= 0.3 is 5.97 Å². The molecule has 40 heavy (non-hydrogen) atoms. The predicted octanol–water partition coefficient (Wildman–Crippen LogP) is 7.01. The van der Waals surface area contributed by atoms with Crippen molar-refractivity contribution in [1.82, 2.24) is 0 Å². The summed E-state index contributed by atoms with van der Waals surface area (Å²) < 4.78 is 6.20. The summed E-state index contributed by atoms with van der Waals surface area (Å²) in [6, 6.07) is 17.8. The average Bonchev–Trinajstić information content (AvgIpc) is 2.89. The molecule has 3 aromatic rings. The maximum atomic E-state index is 13.5. The molecule has 0 saturated carbocycles. The first-order valence-electron chi connectivity index (χ1n) is 13.5. The van der Waals surface area contributed by atoms with E-state index in [1.807, 2.05) is 43.3 Å². The molecule has 0 amide bonds. The number of hydrogen-bond donors (Lipinski definition) is 4. The topological polar surface area (TPSA) is 107 Å². The van der Waals surface area contributed by atoms with Gasteiger partial charge in [-0.2, -0.15) is 0 Å². The van der Waals surface area contributed by atoms with Crippen molar-refractivity contribution in [3.8, 4) is 11.5 Å². The third-order valence-electron chi connectivity index (χ3n) is 7.49. The van der Waals surface area contributed by atoms with Crippen molar-refractivity contribution in [2.75, 3.05) is 0 Å². The fourth-order valence-corrected chi connectivity index (χ4v) is 6.28. The Kier molecular flexibility index (Phi) is 8.86. The normalized spacial score (nSPS) is 15.3. The Morgan fingerprint density at radius 1 is 0.875 bits per heavy atom. The van der Waals surface area contributed by atoms with E-state index in [9.17, 15) is 25.2 Å². The summed E-state index contributed by atoms with van der Waals surface area (Å²) in [5, 5.41) is 40.4. The van der Waals surface area contributed by atoms with Crippen molar-refractivity contribution in [1.29, 1.82) is 0 Å². The third kappa shape index (κ3) is 7.01. The first kappa shape index (κ1) is 29.6. The maximum absolute atomic E-state index is 13.5. The molecule has 4 N–H and O–H groups in total. The Labute approximate surface area is 240 Å². The third-order valence-corrected chi connectivity index (χ3v) is 8.65. The van der Waals surface area contributed by atoms with Crippen LogP contribution >= 0.6 is 11.8 Å². The number of aliphatic hydroxyl groups excluding tert-OH is 2. The van der Waals surface area contributed by atoms with E-state index in [1.165, 1.54) is 11.8 Å². The predicted molar refractivity (Wildman–Crippen MR) is 158 cm³/mol. The van der Waals surface area contributed by atoms with Crippen LogP contribution in [0.4, 0.5) is 0 Å². The van der Waals surface area contributed by atoms with E-state index in [-0.39, 0.29) is 40.6 Å². The first-order valence-corrected chi connectivity index (χ1v) is 14.3.